The Kier molecular flexibility index (Phi) is 5.31. The third-order valence-electron chi connectivity index (χ3n) is 4.72. The van der Waals surface area contributed by atoms with Crippen LogP contribution in [0.5, 0.6) is 0 Å². The lowest BCUT2D eigenvalue weighted by atomic mass is 10.1. The maximum absolute atomic E-state index is 12.8. The molecule has 0 aliphatic carbocycles. The Morgan fingerprint density at radius 1 is 0.929 bits per heavy atom. The van der Waals surface area contributed by atoms with Gasteiger partial charge >= 0.3 is 0 Å². The van der Waals surface area contributed by atoms with Gasteiger partial charge in [0.25, 0.3) is 5.56 Å². The van der Waals surface area contributed by atoms with Gasteiger partial charge in [-0.1, -0.05) is 18.2 Å². The summed E-state index contributed by atoms with van der Waals surface area (Å²) in [5.41, 5.74) is 3.64. The van der Waals surface area contributed by atoms with Crippen molar-refractivity contribution < 1.29 is 9.59 Å². The van der Waals surface area contributed by atoms with E-state index in [1.807, 2.05) is 32.0 Å². The molecule has 0 aliphatic heterocycles. The van der Waals surface area contributed by atoms with E-state index < -0.39 is 6.04 Å². The second-order valence-corrected chi connectivity index (χ2v) is 6.93. The van der Waals surface area contributed by atoms with Crippen molar-refractivity contribution in [1.82, 2.24) is 4.57 Å². The second-order valence-electron chi connectivity index (χ2n) is 6.93. The van der Waals surface area contributed by atoms with E-state index in [0.29, 0.717) is 11.4 Å². The summed E-state index contributed by atoms with van der Waals surface area (Å²) in [6.07, 6.45) is 0. The highest BCUT2D eigenvalue weighted by molar-refractivity contribution is 5.96. The fourth-order valence-electron chi connectivity index (χ4n) is 3.33. The molecule has 0 fully saturated rings. The Morgan fingerprint density at radius 2 is 1.54 bits per heavy atom. The van der Waals surface area contributed by atoms with Crippen LogP contribution in [0.15, 0.2) is 53.3 Å². The fourth-order valence-corrected chi connectivity index (χ4v) is 3.33. The van der Waals surface area contributed by atoms with Crippen molar-refractivity contribution in [3.05, 3.63) is 70.0 Å². The van der Waals surface area contributed by atoms with Crippen LogP contribution in [-0.2, 0) is 9.59 Å². The number of aromatic nitrogens is 1. The minimum atomic E-state index is -0.688. The summed E-state index contributed by atoms with van der Waals surface area (Å²) in [7, 11) is 0. The summed E-state index contributed by atoms with van der Waals surface area (Å²) in [5, 5.41) is 6.47. The minimum absolute atomic E-state index is 0.161. The van der Waals surface area contributed by atoms with E-state index in [4.69, 9.17) is 0 Å². The highest BCUT2D eigenvalue weighted by Gasteiger charge is 2.20. The molecular weight excluding hydrogens is 354 g/mol. The summed E-state index contributed by atoms with van der Waals surface area (Å²) in [6.45, 7) is 6.98. The monoisotopic (exact) mass is 377 g/mol. The van der Waals surface area contributed by atoms with Gasteiger partial charge in [0.2, 0.25) is 11.8 Å². The van der Waals surface area contributed by atoms with Crippen LogP contribution in [0.4, 0.5) is 11.4 Å². The minimum Gasteiger partial charge on any atom is -0.326 e. The van der Waals surface area contributed by atoms with Crippen molar-refractivity contribution >= 4 is 34.1 Å². The summed E-state index contributed by atoms with van der Waals surface area (Å²) < 4.78 is 1.54. The largest absolute Gasteiger partial charge is 0.326 e. The summed E-state index contributed by atoms with van der Waals surface area (Å²) in [5.74, 6) is -0.450. The molecule has 0 bridgehead atoms. The average Bonchev–Trinajstić information content (AvgIpc) is 2.63. The van der Waals surface area contributed by atoms with Gasteiger partial charge in [-0.15, -0.1) is 0 Å². The van der Waals surface area contributed by atoms with Gasteiger partial charge < -0.3 is 10.6 Å². The molecule has 2 amide bonds. The smallest absolute Gasteiger partial charge is 0.252 e. The van der Waals surface area contributed by atoms with Crippen LogP contribution in [-0.4, -0.2) is 16.4 Å². The second kappa shape index (κ2) is 7.68. The van der Waals surface area contributed by atoms with Gasteiger partial charge in [-0.3, -0.25) is 19.0 Å². The number of hydrogen-bond donors (Lipinski definition) is 2. The Bertz CT molecular complexity index is 1110. The molecular formula is C22H23N3O3. The first-order valence-electron chi connectivity index (χ1n) is 9.08. The number of fused-ring (bicyclic) bond motifs is 1. The zero-order valence-electron chi connectivity index (χ0n) is 16.4. The fraction of sp³-hybridized carbons (Fsp3) is 0.227. The number of amides is 2. The van der Waals surface area contributed by atoms with E-state index >= 15 is 0 Å². The van der Waals surface area contributed by atoms with E-state index in [-0.39, 0.29) is 17.4 Å². The van der Waals surface area contributed by atoms with Gasteiger partial charge in [-0.25, -0.2) is 0 Å². The highest BCUT2D eigenvalue weighted by atomic mass is 16.2. The quantitative estimate of drug-likeness (QED) is 0.726. The molecule has 3 rings (SSSR count). The summed E-state index contributed by atoms with van der Waals surface area (Å²) in [6, 6.07) is 13.5. The molecule has 1 unspecified atom stereocenters. The lowest BCUT2D eigenvalue weighted by Gasteiger charge is -2.20. The van der Waals surface area contributed by atoms with Crippen molar-refractivity contribution in [3.8, 4) is 0 Å². The Morgan fingerprint density at radius 3 is 2.14 bits per heavy atom. The van der Waals surface area contributed by atoms with Crippen LogP contribution in [0.25, 0.3) is 10.9 Å². The molecule has 0 radical (unpaired) electrons. The van der Waals surface area contributed by atoms with E-state index in [0.717, 1.165) is 22.0 Å². The van der Waals surface area contributed by atoms with Crippen LogP contribution in [0, 0.1) is 13.8 Å². The predicted octanol–water partition coefficient (Wildman–Crippen LogP) is 3.78. The van der Waals surface area contributed by atoms with Crippen LogP contribution >= 0.6 is 0 Å². The molecule has 3 aromatic rings. The Hall–Kier alpha value is -3.41. The molecule has 1 aromatic heterocycles. The van der Waals surface area contributed by atoms with E-state index in [9.17, 15) is 14.4 Å². The van der Waals surface area contributed by atoms with Gasteiger partial charge in [-0.05, 0) is 56.2 Å². The van der Waals surface area contributed by atoms with Crippen molar-refractivity contribution in [2.45, 2.75) is 33.7 Å². The number of carbonyl (C=O) groups is 2. The standard InChI is InChI=1S/C22H23N3O3/c1-13-6-5-7-19-14(2)12-20(27)25(21(13)19)15(3)22(28)24-18-10-8-17(9-11-18)23-16(4)26/h5-12,15H,1-4H3,(H,23,26)(H,24,28). The number of nitrogens with one attached hydrogen (secondary N) is 2. The van der Waals surface area contributed by atoms with Crippen molar-refractivity contribution in [2.24, 2.45) is 0 Å². The summed E-state index contributed by atoms with van der Waals surface area (Å²) >= 11 is 0. The van der Waals surface area contributed by atoms with Gasteiger partial charge in [0, 0.05) is 29.8 Å². The zero-order valence-corrected chi connectivity index (χ0v) is 16.4. The van der Waals surface area contributed by atoms with E-state index in [2.05, 4.69) is 10.6 Å². The molecule has 2 aromatic carbocycles. The average molecular weight is 377 g/mol. The Balaban J connectivity index is 1.92. The molecule has 1 heterocycles. The topological polar surface area (TPSA) is 80.2 Å². The highest BCUT2D eigenvalue weighted by Crippen LogP contribution is 2.23. The number of nitrogens with zero attached hydrogens (tertiary/aromatic N) is 1. The first-order valence-corrected chi connectivity index (χ1v) is 9.08. The first kappa shape index (κ1) is 19.4. The maximum Gasteiger partial charge on any atom is 0.252 e. The van der Waals surface area contributed by atoms with Crippen LogP contribution in [0.3, 0.4) is 0 Å². The molecule has 0 spiro atoms. The van der Waals surface area contributed by atoms with Gasteiger partial charge in [0.1, 0.15) is 6.04 Å². The van der Waals surface area contributed by atoms with Crippen molar-refractivity contribution in [1.29, 1.82) is 0 Å². The number of benzene rings is 2. The molecule has 1 atom stereocenters. The van der Waals surface area contributed by atoms with Crippen molar-refractivity contribution in [2.75, 3.05) is 10.6 Å². The molecule has 6 heteroatoms. The number of anilines is 2. The molecule has 144 valence electrons. The Labute approximate surface area is 163 Å². The zero-order chi connectivity index (χ0) is 20.4. The first-order chi connectivity index (χ1) is 13.3. The molecule has 0 saturated carbocycles. The molecule has 28 heavy (non-hydrogen) atoms. The predicted molar refractivity (Wildman–Crippen MR) is 112 cm³/mol. The molecule has 0 aliphatic rings. The van der Waals surface area contributed by atoms with Gasteiger partial charge in [-0.2, -0.15) is 0 Å². The number of aryl methyl sites for hydroxylation is 2. The van der Waals surface area contributed by atoms with E-state index in [1.54, 1.807) is 41.8 Å². The SMILES string of the molecule is CC(=O)Nc1ccc(NC(=O)C(C)n2c(=O)cc(C)c3cccc(C)c32)cc1. The number of hydrogen-bond acceptors (Lipinski definition) is 3. The number of rotatable bonds is 4. The van der Waals surface area contributed by atoms with Gasteiger partial charge in [0.05, 0.1) is 5.52 Å². The third kappa shape index (κ3) is 3.81. The molecule has 2 N–H and O–H groups in total. The maximum atomic E-state index is 12.8. The van der Waals surface area contributed by atoms with E-state index in [1.165, 1.54) is 6.92 Å². The number of para-hydroxylation sites is 1. The van der Waals surface area contributed by atoms with Crippen molar-refractivity contribution in [3.63, 3.8) is 0 Å². The molecule has 0 saturated heterocycles. The normalized spacial score (nSPS) is 11.9. The van der Waals surface area contributed by atoms with Crippen LogP contribution < -0.4 is 16.2 Å². The van der Waals surface area contributed by atoms with Gasteiger partial charge in [0.15, 0.2) is 0 Å². The lowest BCUT2D eigenvalue weighted by molar-refractivity contribution is -0.118. The summed E-state index contributed by atoms with van der Waals surface area (Å²) in [4.78, 5) is 36.6. The van der Waals surface area contributed by atoms with Crippen LogP contribution in [0.1, 0.15) is 31.0 Å². The lowest BCUT2D eigenvalue weighted by Crippen LogP contribution is -2.32. The number of carbonyl (C=O) groups excluding carboxylic acids is 2. The number of pyridine rings is 1. The third-order valence-corrected chi connectivity index (χ3v) is 4.72. The van der Waals surface area contributed by atoms with Crippen LogP contribution in [0.2, 0.25) is 0 Å². The molecule has 6 nitrogen and oxygen atoms in total.